The number of rotatable bonds is 3. The van der Waals surface area contributed by atoms with Crippen molar-refractivity contribution < 1.29 is 9.59 Å². The number of fused-ring (bicyclic) bond motifs is 1. The van der Waals surface area contributed by atoms with Gasteiger partial charge in [0.05, 0.1) is 17.3 Å². The van der Waals surface area contributed by atoms with Gasteiger partial charge in [0.15, 0.2) is 5.65 Å². The van der Waals surface area contributed by atoms with E-state index in [1.165, 1.54) is 6.33 Å². The third-order valence-corrected chi connectivity index (χ3v) is 5.08. The molecule has 0 aliphatic carbocycles. The van der Waals surface area contributed by atoms with Crippen molar-refractivity contribution in [3.8, 4) is 17.3 Å². The third-order valence-electron chi connectivity index (χ3n) is 5.08. The van der Waals surface area contributed by atoms with Crippen molar-refractivity contribution in [1.82, 2.24) is 19.5 Å². The Morgan fingerprint density at radius 3 is 2.46 bits per heavy atom. The first-order valence-electron chi connectivity index (χ1n) is 9.00. The molecule has 3 aromatic rings. The van der Waals surface area contributed by atoms with Crippen LogP contribution in [0.3, 0.4) is 0 Å². The second-order valence-corrected chi connectivity index (χ2v) is 6.76. The van der Waals surface area contributed by atoms with Gasteiger partial charge in [0, 0.05) is 30.1 Å². The average Bonchev–Trinajstić information content (AvgIpc) is 3.22. The number of amides is 2. The van der Waals surface area contributed by atoms with Gasteiger partial charge in [-0.1, -0.05) is 12.1 Å². The molecule has 8 nitrogen and oxygen atoms in total. The van der Waals surface area contributed by atoms with Crippen molar-refractivity contribution in [3.63, 3.8) is 0 Å². The van der Waals surface area contributed by atoms with E-state index in [0.29, 0.717) is 29.9 Å². The normalized spacial score (nSPS) is 14.8. The van der Waals surface area contributed by atoms with E-state index in [4.69, 9.17) is 11.0 Å². The molecule has 140 valence electrons. The number of hydrogen-bond acceptors (Lipinski definition) is 5. The number of carbonyl (C=O) groups is 2. The van der Waals surface area contributed by atoms with E-state index in [-0.39, 0.29) is 11.8 Å². The summed E-state index contributed by atoms with van der Waals surface area (Å²) in [5.74, 6) is -0.552. The molecule has 0 spiro atoms. The number of nitriles is 1. The van der Waals surface area contributed by atoms with Crippen LogP contribution in [-0.2, 0) is 0 Å². The molecular formula is C20H18N6O2. The summed E-state index contributed by atoms with van der Waals surface area (Å²) in [6.07, 6.45) is 2.81. The number of nitrogens with zero attached hydrogens (tertiary/aromatic N) is 5. The number of benzene rings is 1. The van der Waals surface area contributed by atoms with Gasteiger partial charge in [0.1, 0.15) is 6.33 Å². The average molecular weight is 374 g/mol. The van der Waals surface area contributed by atoms with Gasteiger partial charge in [-0.05, 0) is 37.1 Å². The summed E-state index contributed by atoms with van der Waals surface area (Å²) in [6, 6.07) is 12.9. The number of pyridine rings is 1. The molecule has 1 aliphatic rings. The molecule has 0 saturated carbocycles. The summed E-state index contributed by atoms with van der Waals surface area (Å²) in [5, 5.41) is 13.2. The molecule has 0 radical (unpaired) electrons. The second-order valence-electron chi connectivity index (χ2n) is 6.76. The quantitative estimate of drug-likeness (QED) is 0.751. The molecule has 0 bridgehead atoms. The topological polar surface area (TPSA) is 117 Å². The largest absolute Gasteiger partial charge is 0.365 e. The van der Waals surface area contributed by atoms with Crippen LogP contribution >= 0.6 is 0 Å². The van der Waals surface area contributed by atoms with Crippen LogP contribution in [-0.4, -0.2) is 44.4 Å². The van der Waals surface area contributed by atoms with Gasteiger partial charge in [-0.15, -0.1) is 0 Å². The number of nitrogens with two attached hydrogens (primary N) is 1. The highest BCUT2D eigenvalue weighted by Crippen LogP contribution is 2.23. The molecule has 4 rings (SSSR count). The fraction of sp³-hybridized carbons (Fsp3) is 0.250. The lowest BCUT2D eigenvalue weighted by atomic mass is 9.98. The number of hydrogen-bond donors (Lipinski definition) is 1. The van der Waals surface area contributed by atoms with Crippen LogP contribution in [0, 0.1) is 17.2 Å². The van der Waals surface area contributed by atoms with E-state index < -0.39 is 5.91 Å². The van der Waals surface area contributed by atoms with Gasteiger partial charge in [-0.25, -0.2) is 9.50 Å². The molecular weight excluding hydrogens is 356 g/mol. The maximum Gasteiger partial charge on any atom is 0.253 e. The highest BCUT2D eigenvalue weighted by atomic mass is 16.2. The number of aromatic nitrogens is 3. The summed E-state index contributed by atoms with van der Waals surface area (Å²) in [5.41, 5.74) is 8.26. The van der Waals surface area contributed by atoms with E-state index in [9.17, 15) is 9.59 Å². The Morgan fingerprint density at radius 2 is 1.82 bits per heavy atom. The van der Waals surface area contributed by atoms with Crippen molar-refractivity contribution in [2.24, 2.45) is 11.7 Å². The number of likely N-dealkylation sites (tertiary alicyclic amines) is 1. The van der Waals surface area contributed by atoms with Gasteiger partial charge in [0.2, 0.25) is 0 Å². The van der Waals surface area contributed by atoms with E-state index >= 15 is 0 Å². The molecule has 1 saturated heterocycles. The Morgan fingerprint density at radius 1 is 1.11 bits per heavy atom. The van der Waals surface area contributed by atoms with Crippen LogP contribution in [0.4, 0.5) is 0 Å². The second kappa shape index (κ2) is 7.12. The van der Waals surface area contributed by atoms with Gasteiger partial charge in [-0.3, -0.25) is 9.59 Å². The zero-order valence-electron chi connectivity index (χ0n) is 15.1. The van der Waals surface area contributed by atoms with Crippen LogP contribution in [0.1, 0.15) is 33.6 Å². The van der Waals surface area contributed by atoms with Crippen LogP contribution in [0.15, 0.2) is 42.7 Å². The molecule has 2 N–H and O–H groups in total. The van der Waals surface area contributed by atoms with E-state index in [1.807, 2.05) is 12.1 Å². The minimum Gasteiger partial charge on any atom is -0.365 e. The zero-order chi connectivity index (χ0) is 19.7. The third kappa shape index (κ3) is 3.07. The molecule has 2 amide bonds. The molecule has 1 aromatic carbocycles. The molecule has 8 heteroatoms. The van der Waals surface area contributed by atoms with Crippen molar-refractivity contribution >= 4 is 17.5 Å². The van der Waals surface area contributed by atoms with Gasteiger partial charge < -0.3 is 10.6 Å². The van der Waals surface area contributed by atoms with Crippen molar-refractivity contribution in [3.05, 3.63) is 53.9 Å². The highest BCUT2D eigenvalue weighted by Gasteiger charge is 2.23. The number of primary amides is 1. The first kappa shape index (κ1) is 17.7. The maximum absolute atomic E-state index is 12.7. The predicted molar refractivity (Wildman–Crippen MR) is 101 cm³/mol. The molecule has 3 heterocycles. The molecule has 0 atom stereocenters. The van der Waals surface area contributed by atoms with Gasteiger partial charge in [0.25, 0.3) is 11.8 Å². The Labute approximate surface area is 161 Å². The Hall–Kier alpha value is -3.73. The summed E-state index contributed by atoms with van der Waals surface area (Å²) in [7, 11) is 0. The summed E-state index contributed by atoms with van der Waals surface area (Å²) >= 11 is 0. The first-order chi connectivity index (χ1) is 13.6. The van der Waals surface area contributed by atoms with Crippen LogP contribution in [0.2, 0.25) is 0 Å². The summed E-state index contributed by atoms with van der Waals surface area (Å²) in [6.45, 7) is 1.21. The predicted octanol–water partition coefficient (Wildman–Crippen LogP) is 1.87. The van der Waals surface area contributed by atoms with Gasteiger partial charge in [-0.2, -0.15) is 10.4 Å². The standard InChI is InChI=1S/C20H18N6O2/c21-11-13-7-9-25(10-8-13)20(28)15-3-1-14(2-4-15)17-6-5-16(18(22)27)19-23-12-24-26(17)19/h1-6,12-13H,7-10H2,(H2,22,27). The fourth-order valence-corrected chi connectivity index (χ4v) is 3.50. The monoisotopic (exact) mass is 374 g/mol. The zero-order valence-corrected chi connectivity index (χ0v) is 15.1. The Bertz CT molecular complexity index is 1090. The molecule has 1 aliphatic heterocycles. The lowest BCUT2D eigenvalue weighted by Crippen LogP contribution is -2.38. The first-order valence-corrected chi connectivity index (χ1v) is 9.00. The summed E-state index contributed by atoms with van der Waals surface area (Å²) in [4.78, 5) is 30.2. The fourth-order valence-electron chi connectivity index (χ4n) is 3.50. The highest BCUT2D eigenvalue weighted by molar-refractivity contribution is 5.99. The minimum atomic E-state index is -0.564. The lowest BCUT2D eigenvalue weighted by molar-refractivity contribution is 0.0707. The van der Waals surface area contributed by atoms with Crippen LogP contribution < -0.4 is 5.73 Å². The Balaban J connectivity index is 1.59. The smallest absolute Gasteiger partial charge is 0.253 e. The van der Waals surface area contributed by atoms with E-state index in [2.05, 4.69) is 16.2 Å². The van der Waals surface area contributed by atoms with Crippen molar-refractivity contribution in [1.29, 1.82) is 5.26 Å². The molecule has 28 heavy (non-hydrogen) atoms. The van der Waals surface area contributed by atoms with Gasteiger partial charge >= 0.3 is 0 Å². The summed E-state index contributed by atoms with van der Waals surface area (Å²) < 4.78 is 1.56. The van der Waals surface area contributed by atoms with Crippen molar-refractivity contribution in [2.45, 2.75) is 12.8 Å². The number of carbonyl (C=O) groups excluding carboxylic acids is 2. The SMILES string of the molecule is N#CC1CCN(C(=O)c2ccc(-c3ccc(C(N)=O)c4ncnn34)cc2)CC1. The van der Waals surface area contributed by atoms with E-state index in [0.717, 1.165) is 24.1 Å². The molecule has 0 unspecified atom stereocenters. The minimum absolute atomic E-state index is 0.0297. The van der Waals surface area contributed by atoms with Crippen LogP contribution in [0.5, 0.6) is 0 Å². The Kier molecular flexibility index (Phi) is 4.49. The van der Waals surface area contributed by atoms with Crippen molar-refractivity contribution in [2.75, 3.05) is 13.1 Å². The van der Waals surface area contributed by atoms with Crippen LogP contribution in [0.25, 0.3) is 16.9 Å². The maximum atomic E-state index is 12.7. The van der Waals surface area contributed by atoms with E-state index in [1.54, 1.807) is 33.7 Å². The molecule has 2 aromatic heterocycles. The number of piperidine rings is 1. The lowest BCUT2D eigenvalue weighted by Gasteiger charge is -2.29. The molecule has 1 fully saturated rings.